The molecule has 1 aliphatic carbocycles. The van der Waals surface area contributed by atoms with Gasteiger partial charge in [0.2, 0.25) is 0 Å². The summed E-state index contributed by atoms with van der Waals surface area (Å²) >= 11 is 0. The van der Waals surface area contributed by atoms with E-state index in [0.717, 1.165) is 75.6 Å². The van der Waals surface area contributed by atoms with Gasteiger partial charge in [0, 0.05) is 6.54 Å². The van der Waals surface area contributed by atoms with E-state index < -0.39 is 16.2 Å². The van der Waals surface area contributed by atoms with Gasteiger partial charge in [0.15, 0.2) is 0 Å². The SMILES string of the molecule is COc1cccc(C2=C(C(OOS(=O)(=O)c3ccc(C)cc3)c3ccc(OCCCN4CCCCC4)cc3)c3ccc(OC)cc3CC2)c1. The van der Waals surface area contributed by atoms with E-state index in [9.17, 15) is 8.42 Å². The molecule has 1 saturated heterocycles. The minimum absolute atomic E-state index is 0.0148. The van der Waals surface area contributed by atoms with Crippen LogP contribution in [0, 0.1) is 6.92 Å². The van der Waals surface area contributed by atoms with Gasteiger partial charge in [0.05, 0.1) is 25.7 Å². The molecule has 49 heavy (non-hydrogen) atoms. The second kappa shape index (κ2) is 16.0. The molecule has 0 saturated carbocycles. The van der Waals surface area contributed by atoms with E-state index in [4.69, 9.17) is 23.4 Å². The van der Waals surface area contributed by atoms with E-state index in [1.807, 2.05) is 73.7 Å². The number of hydrogen-bond donors (Lipinski definition) is 0. The van der Waals surface area contributed by atoms with Crippen molar-refractivity contribution in [1.29, 1.82) is 0 Å². The van der Waals surface area contributed by atoms with Crippen molar-refractivity contribution in [2.45, 2.75) is 56.4 Å². The summed E-state index contributed by atoms with van der Waals surface area (Å²) in [7, 11) is -0.954. The number of nitrogens with zero attached hydrogens (tertiary/aromatic N) is 1. The first-order valence-corrected chi connectivity index (χ1v) is 18.4. The first-order chi connectivity index (χ1) is 23.8. The van der Waals surface area contributed by atoms with E-state index in [1.54, 1.807) is 26.4 Å². The molecule has 8 nitrogen and oxygen atoms in total. The predicted molar refractivity (Wildman–Crippen MR) is 191 cm³/mol. The Morgan fingerprint density at radius 1 is 0.776 bits per heavy atom. The highest BCUT2D eigenvalue weighted by Gasteiger charge is 2.32. The number of hydrogen-bond acceptors (Lipinski definition) is 8. The van der Waals surface area contributed by atoms with Gasteiger partial charge in [-0.3, -0.25) is 0 Å². The molecule has 1 atom stereocenters. The average Bonchev–Trinajstić information content (AvgIpc) is 3.14. The normalized spacial score (nSPS) is 15.8. The van der Waals surface area contributed by atoms with Gasteiger partial charge in [-0.05, 0) is 134 Å². The molecular formula is C40H45NO7S. The van der Waals surface area contributed by atoms with E-state index in [0.29, 0.717) is 13.0 Å². The van der Waals surface area contributed by atoms with E-state index in [-0.39, 0.29) is 4.90 Å². The number of fused-ring (bicyclic) bond motifs is 1. The quantitative estimate of drug-likeness (QED) is 0.0748. The second-order valence-corrected chi connectivity index (χ2v) is 14.1. The van der Waals surface area contributed by atoms with Gasteiger partial charge in [-0.2, -0.15) is 8.42 Å². The summed E-state index contributed by atoms with van der Waals surface area (Å²) in [4.78, 5) is 8.61. The molecule has 258 valence electrons. The highest BCUT2D eigenvalue weighted by Crippen LogP contribution is 2.47. The number of rotatable bonds is 14. The molecule has 4 aromatic carbocycles. The summed E-state index contributed by atoms with van der Waals surface area (Å²) in [6, 6.07) is 28.0. The Hall–Kier alpha value is -4.15. The average molecular weight is 684 g/mol. The number of methoxy groups -OCH3 is 2. The Labute approximate surface area is 290 Å². The lowest BCUT2D eigenvalue weighted by Gasteiger charge is -2.30. The maximum Gasteiger partial charge on any atom is 0.323 e. The molecule has 9 heteroatoms. The van der Waals surface area contributed by atoms with E-state index in [2.05, 4.69) is 4.90 Å². The van der Waals surface area contributed by atoms with Crippen molar-refractivity contribution in [2.24, 2.45) is 0 Å². The molecular weight excluding hydrogens is 639 g/mol. The van der Waals surface area contributed by atoms with Crippen LogP contribution in [0.3, 0.4) is 0 Å². The summed E-state index contributed by atoms with van der Waals surface area (Å²) in [5.41, 5.74) is 6.45. The number of allylic oxidation sites excluding steroid dienone is 1. The molecule has 0 radical (unpaired) electrons. The molecule has 1 heterocycles. The number of aryl methyl sites for hydroxylation is 2. The lowest BCUT2D eigenvalue weighted by atomic mass is 9.79. The van der Waals surface area contributed by atoms with Crippen molar-refractivity contribution in [2.75, 3.05) is 40.5 Å². The molecule has 0 aromatic heterocycles. The summed E-state index contributed by atoms with van der Waals surface area (Å²) in [6.45, 7) is 5.89. The van der Waals surface area contributed by atoms with Gasteiger partial charge in [-0.25, -0.2) is 4.89 Å². The van der Waals surface area contributed by atoms with Crippen LogP contribution in [0.15, 0.2) is 95.9 Å². The predicted octanol–water partition coefficient (Wildman–Crippen LogP) is 8.20. The summed E-state index contributed by atoms with van der Waals surface area (Å²) < 4.78 is 49.5. The maximum atomic E-state index is 13.4. The maximum absolute atomic E-state index is 13.4. The van der Waals surface area contributed by atoms with Gasteiger partial charge >= 0.3 is 10.1 Å². The first kappa shape index (κ1) is 34.7. The fourth-order valence-electron chi connectivity index (χ4n) is 6.64. The molecule has 1 fully saturated rings. The Kier molecular flexibility index (Phi) is 11.4. The van der Waals surface area contributed by atoms with Gasteiger partial charge in [0.25, 0.3) is 0 Å². The van der Waals surface area contributed by atoms with Gasteiger partial charge < -0.3 is 19.1 Å². The molecule has 0 amide bonds. The van der Waals surface area contributed by atoms with Crippen LogP contribution < -0.4 is 14.2 Å². The van der Waals surface area contributed by atoms with Crippen LogP contribution in [-0.2, 0) is 25.8 Å². The van der Waals surface area contributed by atoms with Gasteiger partial charge in [-0.1, -0.05) is 54.4 Å². The van der Waals surface area contributed by atoms with Crippen molar-refractivity contribution in [3.63, 3.8) is 0 Å². The van der Waals surface area contributed by atoms with Gasteiger partial charge in [0.1, 0.15) is 23.4 Å². The summed E-state index contributed by atoms with van der Waals surface area (Å²) in [5.74, 6) is 2.22. The molecule has 0 bridgehead atoms. The van der Waals surface area contributed by atoms with Crippen molar-refractivity contribution in [3.05, 3.63) is 119 Å². The number of likely N-dealkylation sites (tertiary alicyclic amines) is 1. The number of piperidine rings is 1. The third kappa shape index (κ3) is 8.54. The fraction of sp³-hybridized carbons (Fsp3) is 0.350. The zero-order valence-electron chi connectivity index (χ0n) is 28.5. The van der Waals surface area contributed by atoms with Crippen LogP contribution >= 0.6 is 0 Å². The summed E-state index contributed by atoms with van der Waals surface area (Å²) in [5, 5.41) is 0. The second-order valence-electron chi connectivity index (χ2n) is 12.6. The zero-order valence-corrected chi connectivity index (χ0v) is 29.3. The number of benzene rings is 4. The molecule has 2 aliphatic rings. The fourth-order valence-corrected chi connectivity index (χ4v) is 7.37. The highest BCUT2D eigenvalue weighted by atomic mass is 32.2. The van der Waals surface area contributed by atoms with Crippen LogP contribution in [0.5, 0.6) is 17.2 Å². The van der Waals surface area contributed by atoms with Crippen molar-refractivity contribution in [3.8, 4) is 17.2 Å². The van der Waals surface area contributed by atoms with Crippen LogP contribution in [-0.4, -0.2) is 53.8 Å². The van der Waals surface area contributed by atoms with Crippen molar-refractivity contribution in [1.82, 2.24) is 4.90 Å². The zero-order chi connectivity index (χ0) is 34.2. The highest BCUT2D eigenvalue weighted by molar-refractivity contribution is 7.86. The Balaban J connectivity index is 1.36. The number of ether oxygens (including phenoxy) is 3. The Bertz CT molecular complexity index is 1850. The minimum atomic E-state index is -4.25. The van der Waals surface area contributed by atoms with E-state index in [1.165, 1.54) is 44.5 Å². The van der Waals surface area contributed by atoms with Crippen LogP contribution in [0.1, 0.15) is 66.0 Å². The largest absolute Gasteiger partial charge is 0.497 e. The van der Waals surface area contributed by atoms with Crippen molar-refractivity contribution < 1.29 is 31.8 Å². The van der Waals surface area contributed by atoms with Gasteiger partial charge in [-0.15, -0.1) is 4.33 Å². The molecule has 0 spiro atoms. The monoisotopic (exact) mass is 683 g/mol. The minimum Gasteiger partial charge on any atom is -0.497 e. The lowest BCUT2D eigenvalue weighted by molar-refractivity contribution is -0.226. The first-order valence-electron chi connectivity index (χ1n) is 17.0. The standard InChI is InChI=1S/C40H45NO7S/c1-29-11-19-36(20-12-29)49(42,43)48-47-40(30-13-16-33(17-14-30)46-26-8-25-41-23-5-4-6-24-41)39-37(31-9-7-10-34(27-31)44-2)21-15-32-28-35(45-3)18-22-38(32)39/h7,9-14,16-20,22,27-28,40H,4-6,8,15,21,23-26H2,1-3H3. The molecule has 1 aliphatic heterocycles. The molecule has 0 N–H and O–H groups in total. The topological polar surface area (TPSA) is 83.5 Å². The van der Waals surface area contributed by atoms with Crippen LogP contribution in [0.25, 0.3) is 11.1 Å². The smallest absolute Gasteiger partial charge is 0.323 e. The van der Waals surface area contributed by atoms with Crippen LogP contribution in [0.4, 0.5) is 0 Å². The Morgan fingerprint density at radius 3 is 2.22 bits per heavy atom. The summed E-state index contributed by atoms with van der Waals surface area (Å²) in [6.07, 6.45) is 5.38. The van der Waals surface area contributed by atoms with Crippen molar-refractivity contribution >= 4 is 21.3 Å². The van der Waals surface area contributed by atoms with Crippen LogP contribution in [0.2, 0.25) is 0 Å². The third-order valence-corrected chi connectivity index (χ3v) is 10.4. The van der Waals surface area contributed by atoms with E-state index >= 15 is 0 Å². The molecule has 4 aromatic rings. The molecule has 1 unspecified atom stereocenters. The Morgan fingerprint density at radius 2 is 1.49 bits per heavy atom. The lowest BCUT2D eigenvalue weighted by Crippen LogP contribution is -2.31. The molecule has 6 rings (SSSR count). The third-order valence-electron chi connectivity index (χ3n) is 9.31.